The van der Waals surface area contributed by atoms with E-state index >= 15 is 0 Å². The summed E-state index contributed by atoms with van der Waals surface area (Å²) in [6, 6.07) is 5.70. The molecule has 2 aliphatic rings. The molecule has 1 saturated carbocycles. The topological polar surface area (TPSA) is 58.2 Å². The number of fused-ring (bicyclic) bond motifs is 1. The van der Waals surface area contributed by atoms with Crippen LogP contribution in [0.4, 0.5) is 11.4 Å². The Labute approximate surface area is 106 Å². The van der Waals surface area contributed by atoms with E-state index in [1.54, 1.807) is 0 Å². The van der Waals surface area contributed by atoms with Gasteiger partial charge in [0.05, 0.1) is 0 Å². The van der Waals surface area contributed by atoms with Gasteiger partial charge in [0.1, 0.15) is 0 Å². The van der Waals surface area contributed by atoms with Crippen LogP contribution in [0.3, 0.4) is 0 Å². The predicted octanol–water partition coefficient (Wildman–Crippen LogP) is 2.31. The Morgan fingerprint density at radius 2 is 2.11 bits per heavy atom. The van der Waals surface area contributed by atoms with E-state index in [0.29, 0.717) is 6.42 Å². The number of amides is 2. The molecule has 0 aromatic heterocycles. The van der Waals surface area contributed by atoms with Crippen molar-refractivity contribution in [2.45, 2.75) is 32.1 Å². The molecule has 1 fully saturated rings. The summed E-state index contributed by atoms with van der Waals surface area (Å²) in [6.07, 6.45) is 4.32. The summed E-state index contributed by atoms with van der Waals surface area (Å²) < 4.78 is 0. The van der Waals surface area contributed by atoms with Crippen LogP contribution < -0.4 is 10.6 Å². The molecular formula is C14H16N2O2. The summed E-state index contributed by atoms with van der Waals surface area (Å²) in [5, 5.41) is 5.82. The van der Waals surface area contributed by atoms with E-state index in [1.807, 2.05) is 18.2 Å². The Morgan fingerprint density at radius 3 is 2.89 bits per heavy atom. The van der Waals surface area contributed by atoms with Crippen LogP contribution in [-0.4, -0.2) is 11.8 Å². The molecule has 4 heteroatoms. The van der Waals surface area contributed by atoms with Crippen LogP contribution in [0.1, 0.15) is 31.2 Å². The van der Waals surface area contributed by atoms with Crippen LogP contribution in [0.25, 0.3) is 0 Å². The van der Waals surface area contributed by atoms with Crippen molar-refractivity contribution in [1.82, 2.24) is 0 Å². The second-order valence-electron chi connectivity index (χ2n) is 5.04. The lowest BCUT2D eigenvalue weighted by Gasteiger charge is -2.10. The molecule has 0 spiro atoms. The molecule has 0 atom stereocenters. The third-order valence-electron chi connectivity index (χ3n) is 3.44. The van der Waals surface area contributed by atoms with Gasteiger partial charge in [0, 0.05) is 23.7 Å². The predicted molar refractivity (Wildman–Crippen MR) is 69.4 cm³/mol. The highest BCUT2D eigenvalue weighted by molar-refractivity contribution is 5.95. The number of rotatable bonds is 2. The van der Waals surface area contributed by atoms with Crippen LogP contribution in [0, 0.1) is 5.92 Å². The first-order valence-corrected chi connectivity index (χ1v) is 6.46. The van der Waals surface area contributed by atoms with Crippen LogP contribution >= 0.6 is 0 Å². The lowest BCUT2D eigenvalue weighted by Crippen LogP contribution is -2.14. The van der Waals surface area contributed by atoms with Gasteiger partial charge in [0.15, 0.2) is 0 Å². The molecule has 3 rings (SSSR count). The number of hydrogen-bond donors (Lipinski definition) is 2. The zero-order chi connectivity index (χ0) is 12.5. The molecule has 0 unspecified atom stereocenters. The summed E-state index contributed by atoms with van der Waals surface area (Å²) in [4.78, 5) is 23.1. The standard InChI is InChI=1S/C14H16N2O2/c17-13-3-1-2-10-8-11(6-7-12(10)16-13)15-14(18)9-4-5-9/h6-9H,1-5H2,(H,15,18)(H,16,17). The number of anilines is 2. The molecule has 0 bridgehead atoms. The molecule has 1 heterocycles. The Kier molecular flexibility index (Phi) is 2.78. The molecule has 1 aliphatic heterocycles. The zero-order valence-electron chi connectivity index (χ0n) is 10.2. The number of benzene rings is 1. The number of hydrogen-bond acceptors (Lipinski definition) is 2. The van der Waals surface area contributed by atoms with Crippen molar-refractivity contribution in [2.24, 2.45) is 5.92 Å². The van der Waals surface area contributed by atoms with Gasteiger partial charge in [0.25, 0.3) is 0 Å². The fourth-order valence-electron chi connectivity index (χ4n) is 2.24. The second kappa shape index (κ2) is 4.44. The zero-order valence-corrected chi connectivity index (χ0v) is 10.2. The minimum Gasteiger partial charge on any atom is -0.326 e. The lowest BCUT2D eigenvalue weighted by molar-refractivity contribution is -0.117. The average Bonchev–Trinajstić information content (AvgIpc) is 3.14. The second-order valence-corrected chi connectivity index (χ2v) is 5.04. The number of aryl methyl sites for hydroxylation is 1. The van der Waals surface area contributed by atoms with Gasteiger partial charge in [-0.2, -0.15) is 0 Å². The molecule has 0 radical (unpaired) electrons. The van der Waals surface area contributed by atoms with E-state index in [4.69, 9.17) is 0 Å². The van der Waals surface area contributed by atoms with Gasteiger partial charge in [-0.15, -0.1) is 0 Å². The molecule has 4 nitrogen and oxygen atoms in total. The SMILES string of the molecule is O=C1CCCc2cc(NC(=O)C3CC3)ccc2N1. The fourth-order valence-corrected chi connectivity index (χ4v) is 2.24. The summed E-state index contributed by atoms with van der Waals surface area (Å²) >= 11 is 0. The van der Waals surface area contributed by atoms with Gasteiger partial charge >= 0.3 is 0 Å². The van der Waals surface area contributed by atoms with E-state index in [1.165, 1.54) is 0 Å². The average molecular weight is 244 g/mol. The summed E-state index contributed by atoms with van der Waals surface area (Å²) in [5.41, 5.74) is 2.82. The first kappa shape index (κ1) is 11.3. The summed E-state index contributed by atoms with van der Waals surface area (Å²) in [5.74, 6) is 0.402. The summed E-state index contributed by atoms with van der Waals surface area (Å²) in [6.45, 7) is 0. The Hall–Kier alpha value is -1.84. The molecule has 2 N–H and O–H groups in total. The molecule has 1 aromatic carbocycles. The van der Waals surface area contributed by atoms with E-state index in [2.05, 4.69) is 10.6 Å². The molecule has 1 aromatic rings. The smallest absolute Gasteiger partial charge is 0.227 e. The largest absolute Gasteiger partial charge is 0.326 e. The van der Waals surface area contributed by atoms with Gasteiger partial charge in [-0.1, -0.05) is 0 Å². The number of nitrogens with one attached hydrogen (secondary N) is 2. The van der Waals surface area contributed by atoms with Gasteiger partial charge in [-0.05, 0) is 49.4 Å². The first-order valence-electron chi connectivity index (χ1n) is 6.46. The van der Waals surface area contributed by atoms with Gasteiger partial charge in [0.2, 0.25) is 11.8 Å². The minimum atomic E-state index is 0.0727. The molecule has 0 saturated heterocycles. The van der Waals surface area contributed by atoms with Crippen molar-refractivity contribution >= 4 is 23.2 Å². The van der Waals surface area contributed by atoms with Crippen molar-refractivity contribution in [3.63, 3.8) is 0 Å². The van der Waals surface area contributed by atoms with Crippen molar-refractivity contribution < 1.29 is 9.59 Å². The maximum Gasteiger partial charge on any atom is 0.227 e. The van der Waals surface area contributed by atoms with E-state index in [9.17, 15) is 9.59 Å². The monoisotopic (exact) mass is 244 g/mol. The first-order chi connectivity index (χ1) is 8.72. The normalized spacial score (nSPS) is 18.6. The summed E-state index contributed by atoms with van der Waals surface area (Å²) in [7, 11) is 0. The van der Waals surface area contributed by atoms with Gasteiger partial charge < -0.3 is 10.6 Å². The van der Waals surface area contributed by atoms with Crippen molar-refractivity contribution in [3.8, 4) is 0 Å². The van der Waals surface area contributed by atoms with Crippen LogP contribution in [-0.2, 0) is 16.0 Å². The van der Waals surface area contributed by atoms with E-state index in [-0.39, 0.29) is 17.7 Å². The van der Waals surface area contributed by atoms with Gasteiger partial charge in [-0.3, -0.25) is 9.59 Å². The molecule has 1 aliphatic carbocycles. The molecule has 94 valence electrons. The van der Waals surface area contributed by atoms with Crippen LogP contribution in [0.5, 0.6) is 0 Å². The third-order valence-corrected chi connectivity index (χ3v) is 3.44. The maximum absolute atomic E-state index is 11.7. The highest BCUT2D eigenvalue weighted by Gasteiger charge is 2.29. The molecule has 2 amide bonds. The van der Waals surface area contributed by atoms with Crippen LogP contribution in [0.2, 0.25) is 0 Å². The minimum absolute atomic E-state index is 0.0727. The lowest BCUT2D eigenvalue weighted by atomic mass is 10.1. The highest BCUT2D eigenvalue weighted by Crippen LogP contribution is 2.31. The Morgan fingerprint density at radius 1 is 1.28 bits per heavy atom. The Balaban J connectivity index is 1.79. The molecular weight excluding hydrogens is 228 g/mol. The highest BCUT2D eigenvalue weighted by atomic mass is 16.2. The number of carbonyl (C=O) groups excluding carboxylic acids is 2. The fraction of sp³-hybridized carbons (Fsp3) is 0.429. The van der Waals surface area contributed by atoms with Crippen molar-refractivity contribution in [2.75, 3.05) is 10.6 Å². The quantitative estimate of drug-likeness (QED) is 0.838. The maximum atomic E-state index is 11.7. The third kappa shape index (κ3) is 2.37. The molecule has 18 heavy (non-hydrogen) atoms. The van der Waals surface area contributed by atoms with Crippen LogP contribution in [0.15, 0.2) is 18.2 Å². The van der Waals surface area contributed by atoms with Crippen molar-refractivity contribution in [1.29, 1.82) is 0 Å². The van der Waals surface area contributed by atoms with E-state index in [0.717, 1.165) is 42.6 Å². The van der Waals surface area contributed by atoms with Gasteiger partial charge in [-0.25, -0.2) is 0 Å². The van der Waals surface area contributed by atoms with Crippen molar-refractivity contribution in [3.05, 3.63) is 23.8 Å². The Bertz CT molecular complexity index is 507. The van der Waals surface area contributed by atoms with E-state index < -0.39 is 0 Å². The number of carbonyl (C=O) groups is 2.